The van der Waals surface area contributed by atoms with Gasteiger partial charge in [-0.25, -0.2) is 9.59 Å². The molecule has 17 heavy (non-hydrogen) atoms. The molecule has 2 unspecified atom stereocenters. The van der Waals surface area contributed by atoms with Gasteiger partial charge in [-0.1, -0.05) is 6.92 Å². The largest absolute Gasteiger partial charge is 0.480 e. The molecular formula is C10H17N3O4. The highest BCUT2D eigenvalue weighted by Crippen LogP contribution is 2.24. The van der Waals surface area contributed by atoms with Crippen LogP contribution in [-0.2, 0) is 9.59 Å². The summed E-state index contributed by atoms with van der Waals surface area (Å²) < 4.78 is 0. The molecule has 3 N–H and O–H groups in total. The molecule has 0 aromatic heterocycles. The Morgan fingerprint density at radius 3 is 2.53 bits per heavy atom. The zero-order chi connectivity index (χ0) is 13.2. The first-order valence-corrected chi connectivity index (χ1v) is 5.37. The summed E-state index contributed by atoms with van der Waals surface area (Å²) >= 11 is 0. The number of amides is 3. The predicted octanol–water partition coefficient (Wildman–Crippen LogP) is -0.681. The summed E-state index contributed by atoms with van der Waals surface area (Å²) in [4.78, 5) is 36.1. The number of aliphatic carboxylic acids is 1. The zero-order valence-corrected chi connectivity index (χ0v) is 9.92. The molecule has 0 saturated carbocycles. The monoisotopic (exact) mass is 243 g/mol. The van der Waals surface area contributed by atoms with Gasteiger partial charge in [0.1, 0.15) is 12.6 Å². The third kappa shape index (κ3) is 2.86. The zero-order valence-electron chi connectivity index (χ0n) is 9.92. The number of carboxylic acids is 1. The molecule has 0 radical (unpaired) electrons. The van der Waals surface area contributed by atoms with E-state index < -0.39 is 23.9 Å². The van der Waals surface area contributed by atoms with Crippen LogP contribution >= 0.6 is 0 Å². The van der Waals surface area contributed by atoms with Crippen LogP contribution in [0.5, 0.6) is 0 Å². The average Bonchev–Trinajstić information content (AvgIpc) is 2.57. The lowest BCUT2D eigenvalue weighted by Crippen LogP contribution is -2.49. The van der Waals surface area contributed by atoms with Crippen LogP contribution in [0.3, 0.4) is 0 Å². The van der Waals surface area contributed by atoms with Crippen LogP contribution < -0.4 is 5.73 Å². The third-order valence-corrected chi connectivity index (χ3v) is 2.92. The summed E-state index contributed by atoms with van der Waals surface area (Å²) in [5, 5.41) is 9.06. The van der Waals surface area contributed by atoms with Crippen molar-refractivity contribution < 1.29 is 19.5 Å². The fourth-order valence-electron chi connectivity index (χ4n) is 2.06. The number of hydrogen-bond donors (Lipinski definition) is 2. The first-order chi connectivity index (χ1) is 7.84. The van der Waals surface area contributed by atoms with E-state index in [1.165, 1.54) is 11.9 Å². The summed E-state index contributed by atoms with van der Waals surface area (Å²) in [6.45, 7) is 1.97. The standard InChI is InChI=1S/C10H17N3O4/c1-6-3-4-13(8(6)9(15)16)10(17)12(2)5-7(11)14/h6,8H,3-5H2,1-2H3,(H2,11,14)(H,15,16). The fourth-order valence-corrected chi connectivity index (χ4v) is 2.06. The molecular weight excluding hydrogens is 226 g/mol. The van der Waals surface area contributed by atoms with Gasteiger partial charge in [-0.2, -0.15) is 0 Å². The molecule has 0 bridgehead atoms. The van der Waals surface area contributed by atoms with Gasteiger partial charge in [0.25, 0.3) is 0 Å². The van der Waals surface area contributed by atoms with Gasteiger partial charge in [-0.05, 0) is 12.3 Å². The number of carbonyl (C=O) groups excluding carboxylic acids is 2. The molecule has 7 heteroatoms. The lowest BCUT2D eigenvalue weighted by atomic mass is 10.0. The van der Waals surface area contributed by atoms with Gasteiger partial charge in [-0.3, -0.25) is 4.79 Å². The Labute approximate surface area is 99.2 Å². The molecule has 1 heterocycles. The number of rotatable bonds is 3. The predicted molar refractivity (Wildman–Crippen MR) is 59.1 cm³/mol. The van der Waals surface area contributed by atoms with E-state index in [0.717, 1.165) is 4.90 Å². The molecule has 0 aromatic rings. The third-order valence-electron chi connectivity index (χ3n) is 2.92. The summed E-state index contributed by atoms with van der Waals surface area (Å²) in [6, 6.07) is -1.29. The minimum Gasteiger partial charge on any atom is -0.480 e. The molecule has 0 aliphatic carbocycles. The minimum absolute atomic E-state index is 0.0848. The van der Waals surface area contributed by atoms with Crippen molar-refractivity contribution in [1.82, 2.24) is 9.80 Å². The molecule has 0 aromatic carbocycles. The number of likely N-dealkylation sites (N-methyl/N-ethyl adjacent to an activating group) is 1. The number of nitrogens with zero attached hydrogens (tertiary/aromatic N) is 2. The van der Waals surface area contributed by atoms with Gasteiger partial charge in [-0.15, -0.1) is 0 Å². The van der Waals surface area contributed by atoms with Crippen LogP contribution in [0.1, 0.15) is 13.3 Å². The Balaban J connectivity index is 2.75. The molecule has 3 amide bonds. The first-order valence-electron chi connectivity index (χ1n) is 5.37. The summed E-state index contributed by atoms with van der Waals surface area (Å²) in [7, 11) is 1.43. The van der Waals surface area contributed by atoms with Gasteiger partial charge in [0.2, 0.25) is 5.91 Å². The highest BCUT2D eigenvalue weighted by atomic mass is 16.4. The molecule has 2 atom stereocenters. The quantitative estimate of drug-likeness (QED) is 0.685. The molecule has 0 spiro atoms. The Bertz CT molecular complexity index is 344. The van der Waals surface area contributed by atoms with Gasteiger partial charge >= 0.3 is 12.0 Å². The van der Waals surface area contributed by atoms with Crippen LogP contribution in [-0.4, -0.2) is 59.0 Å². The van der Waals surface area contributed by atoms with Gasteiger partial charge < -0.3 is 20.6 Å². The van der Waals surface area contributed by atoms with E-state index in [0.29, 0.717) is 13.0 Å². The summed E-state index contributed by atoms with van der Waals surface area (Å²) in [5.74, 6) is -1.73. The van der Waals surface area contributed by atoms with E-state index in [1.54, 1.807) is 6.92 Å². The van der Waals surface area contributed by atoms with Crippen molar-refractivity contribution in [2.24, 2.45) is 11.7 Å². The highest BCUT2D eigenvalue weighted by Gasteiger charge is 2.40. The SMILES string of the molecule is CC1CCN(C(=O)N(C)CC(N)=O)C1C(=O)O. The van der Waals surface area contributed by atoms with Crippen LogP contribution in [0.4, 0.5) is 4.79 Å². The van der Waals surface area contributed by atoms with E-state index in [1.807, 2.05) is 0 Å². The van der Waals surface area contributed by atoms with Crippen LogP contribution in [0.2, 0.25) is 0 Å². The van der Waals surface area contributed by atoms with Gasteiger partial charge in [0.15, 0.2) is 0 Å². The van der Waals surface area contributed by atoms with Gasteiger partial charge in [0.05, 0.1) is 0 Å². The molecule has 1 rings (SSSR count). The molecule has 1 saturated heterocycles. The van der Waals surface area contributed by atoms with Crippen molar-refractivity contribution in [3.05, 3.63) is 0 Å². The molecule has 96 valence electrons. The maximum Gasteiger partial charge on any atom is 0.326 e. The second-order valence-electron chi connectivity index (χ2n) is 4.35. The Morgan fingerprint density at radius 2 is 2.06 bits per heavy atom. The number of carboxylic acid groups (broad SMARTS) is 1. The number of urea groups is 1. The number of likely N-dealkylation sites (tertiary alicyclic amines) is 1. The highest BCUT2D eigenvalue weighted by molar-refractivity contribution is 5.86. The number of primary amides is 1. The van der Waals surface area contributed by atoms with E-state index in [-0.39, 0.29) is 12.5 Å². The van der Waals surface area contributed by atoms with Crippen molar-refractivity contribution >= 4 is 17.9 Å². The summed E-state index contributed by atoms with van der Waals surface area (Å²) in [5.41, 5.74) is 4.98. The number of hydrogen-bond acceptors (Lipinski definition) is 3. The van der Waals surface area contributed by atoms with Crippen LogP contribution in [0.15, 0.2) is 0 Å². The minimum atomic E-state index is -1.02. The lowest BCUT2D eigenvalue weighted by Gasteiger charge is -2.27. The molecule has 1 aliphatic rings. The molecule has 1 aliphatic heterocycles. The second-order valence-corrected chi connectivity index (χ2v) is 4.35. The topological polar surface area (TPSA) is 104 Å². The summed E-state index contributed by atoms with van der Waals surface area (Å²) in [6.07, 6.45) is 0.646. The van der Waals surface area contributed by atoms with Crippen molar-refractivity contribution in [3.8, 4) is 0 Å². The van der Waals surface area contributed by atoms with Crippen LogP contribution in [0.25, 0.3) is 0 Å². The smallest absolute Gasteiger partial charge is 0.326 e. The van der Waals surface area contributed by atoms with Crippen molar-refractivity contribution in [2.75, 3.05) is 20.1 Å². The first kappa shape index (κ1) is 13.3. The van der Waals surface area contributed by atoms with Crippen molar-refractivity contribution in [1.29, 1.82) is 0 Å². The van der Waals surface area contributed by atoms with E-state index in [9.17, 15) is 14.4 Å². The Morgan fingerprint density at radius 1 is 1.47 bits per heavy atom. The van der Waals surface area contributed by atoms with Crippen LogP contribution in [0, 0.1) is 5.92 Å². The fraction of sp³-hybridized carbons (Fsp3) is 0.700. The van der Waals surface area contributed by atoms with Crippen molar-refractivity contribution in [2.45, 2.75) is 19.4 Å². The molecule has 1 fully saturated rings. The Kier molecular flexibility index (Phi) is 3.93. The second kappa shape index (κ2) is 5.03. The number of nitrogens with two attached hydrogens (primary N) is 1. The normalized spacial score (nSPS) is 23.5. The van der Waals surface area contributed by atoms with Crippen molar-refractivity contribution in [3.63, 3.8) is 0 Å². The lowest BCUT2D eigenvalue weighted by molar-refractivity contribution is -0.142. The Hall–Kier alpha value is -1.79. The van der Waals surface area contributed by atoms with E-state index >= 15 is 0 Å². The average molecular weight is 243 g/mol. The maximum atomic E-state index is 11.9. The van der Waals surface area contributed by atoms with Gasteiger partial charge in [0, 0.05) is 13.6 Å². The van der Waals surface area contributed by atoms with E-state index in [2.05, 4.69) is 0 Å². The molecule has 7 nitrogen and oxygen atoms in total. The van der Waals surface area contributed by atoms with E-state index in [4.69, 9.17) is 10.8 Å². The number of carbonyl (C=O) groups is 3. The maximum absolute atomic E-state index is 11.9.